The van der Waals surface area contributed by atoms with E-state index in [0.29, 0.717) is 12.6 Å². The Hall–Kier alpha value is -2.34. The molecule has 3 aromatic rings. The number of H-pyrrole nitrogens is 1. The summed E-state index contributed by atoms with van der Waals surface area (Å²) in [4.78, 5) is 12.3. The highest BCUT2D eigenvalue weighted by molar-refractivity contribution is 6.10. The van der Waals surface area contributed by atoms with Gasteiger partial charge in [0.25, 0.3) is 0 Å². The monoisotopic (exact) mass is 283 g/mol. The van der Waals surface area contributed by atoms with Gasteiger partial charge in [-0.1, -0.05) is 0 Å². The zero-order valence-corrected chi connectivity index (χ0v) is 11.6. The molecule has 1 aliphatic rings. The number of fused-ring (bicyclic) bond motifs is 3. The molecule has 0 radical (unpaired) electrons. The van der Waals surface area contributed by atoms with Crippen LogP contribution in [0.5, 0.6) is 0 Å². The first kappa shape index (κ1) is 12.4. The Kier molecular flexibility index (Phi) is 2.89. The van der Waals surface area contributed by atoms with Crippen LogP contribution in [-0.2, 0) is 0 Å². The summed E-state index contributed by atoms with van der Waals surface area (Å²) in [6, 6.07) is 6.55. The van der Waals surface area contributed by atoms with Crippen molar-refractivity contribution in [3.05, 3.63) is 24.4 Å². The number of aromatic amines is 1. The molecule has 0 spiro atoms. The second-order valence-corrected chi connectivity index (χ2v) is 5.37. The average Bonchev–Trinajstić information content (AvgIpc) is 3.17. The van der Waals surface area contributed by atoms with Crippen LogP contribution >= 0.6 is 0 Å². The average molecular weight is 283 g/mol. The van der Waals surface area contributed by atoms with E-state index in [0.717, 1.165) is 33.6 Å². The van der Waals surface area contributed by atoms with Crippen molar-refractivity contribution < 1.29 is 5.11 Å². The van der Waals surface area contributed by atoms with Gasteiger partial charge in [-0.2, -0.15) is 4.98 Å². The first-order valence-electron chi connectivity index (χ1n) is 7.24. The molecule has 0 bridgehead atoms. The van der Waals surface area contributed by atoms with Gasteiger partial charge in [-0.15, -0.1) is 0 Å². The zero-order valence-electron chi connectivity index (χ0n) is 11.6. The highest BCUT2D eigenvalue weighted by Gasteiger charge is 2.22. The number of anilines is 2. The third-order valence-electron chi connectivity index (χ3n) is 3.71. The van der Waals surface area contributed by atoms with E-state index in [4.69, 9.17) is 5.11 Å². The summed E-state index contributed by atoms with van der Waals surface area (Å²) in [7, 11) is 0. The number of hydrogen-bond donors (Lipinski definition) is 4. The predicted molar refractivity (Wildman–Crippen MR) is 83.6 cm³/mol. The highest BCUT2D eigenvalue weighted by atomic mass is 16.3. The Morgan fingerprint density at radius 3 is 3.00 bits per heavy atom. The number of hydrogen-bond acceptors (Lipinski definition) is 5. The second-order valence-electron chi connectivity index (χ2n) is 5.37. The Balaban J connectivity index is 1.89. The summed E-state index contributed by atoms with van der Waals surface area (Å²) in [5.41, 5.74) is 1.96. The lowest BCUT2D eigenvalue weighted by molar-refractivity contribution is 0.311. The Labute approximate surface area is 121 Å². The van der Waals surface area contributed by atoms with Crippen LogP contribution in [0.3, 0.4) is 0 Å². The lowest BCUT2D eigenvalue weighted by Gasteiger charge is -2.13. The number of nitrogens with one attached hydrogen (secondary N) is 3. The van der Waals surface area contributed by atoms with Crippen LogP contribution in [-0.4, -0.2) is 39.3 Å². The van der Waals surface area contributed by atoms with Crippen molar-refractivity contribution in [1.82, 2.24) is 15.0 Å². The summed E-state index contributed by atoms with van der Waals surface area (Å²) in [6.07, 6.45) is 4.19. The van der Waals surface area contributed by atoms with E-state index in [2.05, 4.69) is 25.6 Å². The minimum atomic E-state index is 0.0718. The standard InChI is InChI=1S/C15H17N5O/c21-8-7-17-14-13-10-5-6-16-11(10)3-4-12(13)19-15(20-14)18-9-1-2-9/h3-6,9,17,21H,1-2,7-8H2,(H2,18,19,20). The maximum atomic E-state index is 9.07. The van der Waals surface area contributed by atoms with Crippen LogP contribution < -0.4 is 10.6 Å². The number of aliphatic hydroxyl groups excluding tert-OH is 1. The summed E-state index contributed by atoms with van der Waals surface area (Å²) in [5.74, 6) is 1.55. The molecule has 0 unspecified atom stereocenters. The molecule has 21 heavy (non-hydrogen) atoms. The molecule has 2 aromatic heterocycles. The summed E-state index contributed by atoms with van der Waals surface area (Å²) in [5, 5.41) is 17.7. The number of benzene rings is 1. The minimum absolute atomic E-state index is 0.0718. The number of aliphatic hydroxyl groups is 1. The van der Waals surface area contributed by atoms with Gasteiger partial charge in [-0.25, -0.2) is 0 Å². The van der Waals surface area contributed by atoms with Gasteiger partial charge in [-0.05, 0) is 31.0 Å². The van der Waals surface area contributed by atoms with Crippen LogP contribution in [0.15, 0.2) is 24.4 Å². The Morgan fingerprint density at radius 1 is 1.29 bits per heavy atom. The first-order chi connectivity index (χ1) is 10.3. The van der Waals surface area contributed by atoms with Gasteiger partial charge in [0, 0.05) is 24.2 Å². The molecular weight excluding hydrogens is 266 g/mol. The number of nitrogens with zero attached hydrogens (tertiary/aromatic N) is 2. The van der Waals surface area contributed by atoms with Crippen molar-refractivity contribution in [2.45, 2.75) is 18.9 Å². The molecule has 0 atom stereocenters. The quantitative estimate of drug-likeness (QED) is 0.576. The number of rotatable bonds is 5. The van der Waals surface area contributed by atoms with Crippen molar-refractivity contribution >= 4 is 33.6 Å². The van der Waals surface area contributed by atoms with E-state index in [9.17, 15) is 0 Å². The van der Waals surface area contributed by atoms with Crippen LogP contribution in [0.25, 0.3) is 21.8 Å². The minimum Gasteiger partial charge on any atom is -0.395 e. The fourth-order valence-electron chi connectivity index (χ4n) is 2.56. The van der Waals surface area contributed by atoms with Crippen LogP contribution in [0, 0.1) is 0 Å². The third-order valence-corrected chi connectivity index (χ3v) is 3.71. The fraction of sp³-hybridized carbons (Fsp3) is 0.333. The number of aromatic nitrogens is 3. The predicted octanol–water partition coefficient (Wildman–Crippen LogP) is 2.09. The van der Waals surface area contributed by atoms with Gasteiger partial charge in [-0.3, -0.25) is 4.98 Å². The van der Waals surface area contributed by atoms with E-state index in [1.165, 1.54) is 12.8 Å². The molecule has 1 saturated carbocycles. The smallest absolute Gasteiger partial charge is 0.202 e. The van der Waals surface area contributed by atoms with Crippen molar-refractivity contribution in [3.8, 4) is 0 Å². The molecule has 4 rings (SSSR count). The van der Waals surface area contributed by atoms with Gasteiger partial charge in [0.1, 0.15) is 5.82 Å². The van der Waals surface area contributed by atoms with Crippen molar-refractivity contribution in [2.75, 3.05) is 23.8 Å². The normalized spacial score (nSPS) is 14.7. The molecular formula is C15H17N5O. The largest absolute Gasteiger partial charge is 0.395 e. The lowest BCUT2D eigenvalue weighted by atomic mass is 10.1. The fourth-order valence-corrected chi connectivity index (χ4v) is 2.56. The topological polar surface area (TPSA) is 85.9 Å². The van der Waals surface area contributed by atoms with Crippen molar-refractivity contribution in [2.24, 2.45) is 0 Å². The van der Waals surface area contributed by atoms with Crippen LogP contribution in [0.1, 0.15) is 12.8 Å². The Bertz CT molecular complexity index is 793. The maximum Gasteiger partial charge on any atom is 0.202 e. The van der Waals surface area contributed by atoms with E-state index in [-0.39, 0.29) is 6.61 Å². The molecule has 0 aliphatic heterocycles. The van der Waals surface area contributed by atoms with E-state index < -0.39 is 0 Å². The van der Waals surface area contributed by atoms with E-state index in [1.54, 1.807) is 6.20 Å². The van der Waals surface area contributed by atoms with Gasteiger partial charge in [0.15, 0.2) is 0 Å². The Morgan fingerprint density at radius 2 is 2.19 bits per heavy atom. The van der Waals surface area contributed by atoms with E-state index >= 15 is 0 Å². The van der Waals surface area contributed by atoms with Gasteiger partial charge >= 0.3 is 0 Å². The summed E-state index contributed by atoms with van der Waals surface area (Å²) in [6.45, 7) is 0.544. The first-order valence-corrected chi connectivity index (χ1v) is 7.24. The second kappa shape index (κ2) is 4.89. The van der Waals surface area contributed by atoms with Crippen LogP contribution in [0.2, 0.25) is 0 Å². The molecule has 108 valence electrons. The molecule has 0 saturated heterocycles. The summed E-state index contributed by atoms with van der Waals surface area (Å²) >= 11 is 0. The third kappa shape index (κ3) is 2.27. The SMILES string of the molecule is OCCNc1nc(NC2CC2)[nH]c2ccc3nccc3c12. The van der Waals surface area contributed by atoms with Crippen molar-refractivity contribution in [1.29, 1.82) is 0 Å². The molecule has 6 heteroatoms. The summed E-state index contributed by atoms with van der Waals surface area (Å²) < 4.78 is 0. The highest BCUT2D eigenvalue weighted by Crippen LogP contribution is 2.31. The zero-order chi connectivity index (χ0) is 14.2. The van der Waals surface area contributed by atoms with Gasteiger partial charge in [0.2, 0.25) is 5.95 Å². The molecule has 1 fully saturated rings. The molecule has 1 aliphatic carbocycles. The van der Waals surface area contributed by atoms with Crippen molar-refractivity contribution in [3.63, 3.8) is 0 Å². The molecule has 4 N–H and O–H groups in total. The lowest BCUT2D eigenvalue weighted by Crippen LogP contribution is -2.11. The van der Waals surface area contributed by atoms with Gasteiger partial charge in [0.05, 0.1) is 23.0 Å². The van der Waals surface area contributed by atoms with Gasteiger partial charge < -0.3 is 20.7 Å². The van der Waals surface area contributed by atoms with E-state index in [1.807, 2.05) is 18.2 Å². The molecule has 2 heterocycles. The maximum absolute atomic E-state index is 9.07. The van der Waals surface area contributed by atoms with Crippen LogP contribution in [0.4, 0.5) is 11.8 Å². The molecule has 0 amide bonds. The molecule has 6 nitrogen and oxygen atoms in total. The molecule has 1 aromatic carbocycles.